The molecular formula is C111H237N3O9S5. The van der Waals surface area contributed by atoms with E-state index in [0.717, 1.165) is 72.7 Å². The van der Waals surface area contributed by atoms with Gasteiger partial charge < -0.3 is 14.2 Å². The molecule has 0 amide bonds. The zero-order chi connectivity index (χ0) is 99.7. The minimum absolute atomic E-state index is 0.0220. The van der Waals surface area contributed by atoms with Gasteiger partial charge >= 0.3 is 0 Å². The molecule has 0 aromatic heterocycles. The van der Waals surface area contributed by atoms with Crippen molar-refractivity contribution in [1.82, 2.24) is 14.2 Å². The fourth-order valence-corrected chi connectivity index (χ4v) is 34.0. The monoisotopic (exact) mass is 1920 g/mol. The number of ether oxygens (including phenoxy) is 3. The Labute approximate surface area is 816 Å². The molecule has 13 saturated heterocycles. The second kappa shape index (κ2) is 86.4. The van der Waals surface area contributed by atoms with Crippen molar-refractivity contribution in [3.63, 3.8) is 0 Å². The molecular weight excluding hydrogens is 1680 g/mol. The minimum Gasteiger partial charge on any atom is -0.375 e. The Bertz CT molecular complexity index is 2340. The first-order valence-electron chi connectivity index (χ1n) is 58.0. The minimum atomic E-state index is -3.01. The predicted octanol–water partition coefficient (Wildman–Crippen LogP) is 35.1. The third kappa shape index (κ3) is 44.8. The van der Waals surface area contributed by atoms with E-state index in [1.54, 1.807) is 109 Å². The molecule has 25 aliphatic rings. The topological polar surface area (TPSA) is 166 Å². The Morgan fingerprint density at radius 1 is 0.211 bits per heavy atom. The molecule has 12 aliphatic carbocycles. The molecule has 0 aromatic carbocycles. The van der Waals surface area contributed by atoms with E-state index in [2.05, 4.69) is 25.9 Å². The lowest BCUT2D eigenvalue weighted by molar-refractivity contribution is 0.0814. The molecule has 13 aliphatic heterocycles. The number of sulfonamides is 3. The van der Waals surface area contributed by atoms with Gasteiger partial charge in [0.1, 0.15) is 5.25 Å². The van der Waals surface area contributed by atoms with Crippen LogP contribution in [0.1, 0.15) is 553 Å². The van der Waals surface area contributed by atoms with Crippen molar-refractivity contribution in [2.45, 2.75) is 645 Å². The number of thioether (sulfide) groups is 2. The van der Waals surface area contributed by atoms with Crippen molar-refractivity contribution in [2.75, 3.05) is 0 Å². The summed E-state index contributed by atoms with van der Waals surface area (Å²) in [5.74, 6) is 12.6. The van der Waals surface area contributed by atoms with Gasteiger partial charge in [-0.15, -0.1) is 0 Å². The number of rotatable bonds is 0. The highest BCUT2D eigenvalue weighted by atomic mass is 32.2. The predicted molar refractivity (Wildman–Crippen MR) is 583 cm³/mol. The van der Waals surface area contributed by atoms with Crippen LogP contribution in [0.2, 0.25) is 0 Å². The highest BCUT2D eigenvalue weighted by Crippen LogP contribution is 2.59. The highest BCUT2D eigenvalue weighted by Gasteiger charge is 2.61. The summed E-state index contributed by atoms with van der Waals surface area (Å²) < 4.78 is 92.9. The van der Waals surface area contributed by atoms with Gasteiger partial charge in [0, 0.05) is 33.1 Å². The standard InChI is InChI=1S/C10H16.C9H14O.C8H14.C7H11NO2S.C7H12.C6H9NO3S.C6H9NO2S2.C6H10O.C6H10S.C6H12.20C2H6/c1-2-9-7-4-5-8(6-7)10(9)3-1;1-2-6-7(3-1)9-5-4-8(6)10-9;1-2-8-5-3-7(1)4-6-8;9-11(10)7-3-4-1-5(7)6(2-4)8-11;1-2-7-4-3-6(1)5-7;2*8-11(9)5-2-3-1-4(7-11)6(5)10-3;2*1-2-6-4-3-5(1)7-6;1-2-4-6-5-3-1;20*1-2/h7-10H,1-6H2;6-9H,1-5H2;7-8H,1-6H2;4-8H,1-3H2;6-7H,1-5H2;2*3-7H,1-2H2;2*5-6H,1-4H2;1-6H2;20*1-2H3. The zero-order valence-corrected chi connectivity index (χ0v) is 97.9. The fraction of sp³-hybridized carbons (Fsp3) is 1.00. The highest BCUT2D eigenvalue weighted by molar-refractivity contribution is 8.03. The molecule has 25 fully saturated rings. The maximum absolute atomic E-state index is 11.4. The quantitative estimate of drug-likeness (QED) is 0.211. The van der Waals surface area contributed by atoms with Gasteiger partial charge in [-0.25, -0.2) is 39.4 Å². The number of nitrogens with one attached hydrogen (secondary N) is 3. The van der Waals surface area contributed by atoms with Gasteiger partial charge in [0.15, 0.2) is 0 Å². The number of fused-ring (bicyclic) bond motifs is 22. The Balaban J connectivity index is -0.000000310. The third-order valence-electron chi connectivity index (χ3n) is 28.3. The van der Waals surface area contributed by atoms with E-state index in [4.69, 9.17) is 14.2 Å². The van der Waals surface area contributed by atoms with Crippen molar-refractivity contribution in [3.05, 3.63) is 0 Å². The lowest BCUT2D eigenvalue weighted by Crippen LogP contribution is -2.29. The smallest absolute Gasteiger partial charge is 0.217 e. The van der Waals surface area contributed by atoms with E-state index in [1.165, 1.54) is 158 Å². The van der Waals surface area contributed by atoms with Crippen molar-refractivity contribution in [2.24, 2.45) is 71.0 Å². The number of hydrogen-bond acceptors (Lipinski definition) is 11. The fourth-order valence-electron chi connectivity index (χ4n) is 23.8. The van der Waals surface area contributed by atoms with Crippen LogP contribution in [-0.4, -0.2) is 117 Å². The summed E-state index contributed by atoms with van der Waals surface area (Å²) >= 11 is 4.10. The summed E-state index contributed by atoms with van der Waals surface area (Å²) in [7, 11) is -8.79. The van der Waals surface area contributed by atoms with Gasteiger partial charge in [-0.05, 0) is 232 Å². The second-order valence-corrected chi connectivity index (χ2v) is 42.3. The maximum atomic E-state index is 11.4. The molecule has 12 saturated carbocycles. The van der Waals surface area contributed by atoms with Crippen LogP contribution in [0.25, 0.3) is 0 Å². The molecule has 20 unspecified atom stereocenters. The zero-order valence-electron chi connectivity index (χ0n) is 93.8. The van der Waals surface area contributed by atoms with Gasteiger partial charge in [-0.3, -0.25) is 0 Å². The molecule has 13 heterocycles. The summed E-state index contributed by atoms with van der Waals surface area (Å²) in [5.41, 5.74) is 0. The van der Waals surface area contributed by atoms with Crippen molar-refractivity contribution in [3.8, 4) is 0 Å². The molecule has 0 spiro atoms. The van der Waals surface area contributed by atoms with Crippen molar-refractivity contribution in [1.29, 1.82) is 0 Å². The van der Waals surface area contributed by atoms with Crippen LogP contribution in [0.3, 0.4) is 0 Å². The average molecular weight is 1920 g/mol. The van der Waals surface area contributed by atoms with Crippen LogP contribution in [-0.2, 0) is 44.3 Å². The molecule has 780 valence electrons. The first-order chi connectivity index (χ1) is 62.7. The first kappa shape index (κ1) is 139. The van der Waals surface area contributed by atoms with Gasteiger partial charge in [-0.2, -0.15) is 23.5 Å². The largest absolute Gasteiger partial charge is 0.375 e. The average Bonchev–Trinajstić information content (AvgIpc) is 1.60. The van der Waals surface area contributed by atoms with Crippen LogP contribution < -0.4 is 14.2 Å². The Morgan fingerprint density at radius 2 is 0.555 bits per heavy atom. The molecule has 12 nitrogen and oxygen atoms in total. The maximum Gasteiger partial charge on any atom is 0.217 e. The Morgan fingerprint density at radius 3 is 0.820 bits per heavy atom. The molecule has 20 atom stereocenters. The van der Waals surface area contributed by atoms with Crippen LogP contribution in [0.4, 0.5) is 0 Å². The summed E-state index contributed by atoms with van der Waals surface area (Å²) in [6, 6.07) is 0.668. The van der Waals surface area contributed by atoms with E-state index >= 15 is 0 Å². The molecule has 128 heavy (non-hydrogen) atoms. The van der Waals surface area contributed by atoms with Crippen LogP contribution in [0.15, 0.2) is 0 Å². The lowest BCUT2D eigenvalue weighted by Gasteiger charge is -2.35. The van der Waals surface area contributed by atoms with Crippen LogP contribution in [0.5, 0.6) is 0 Å². The molecule has 25 rings (SSSR count). The first-order valence-corrected chi connectivity index (χ1v) is 64.5. The van der Waals surface area contributed by atoms with E-state index in [9.17, 15) is 25.3 Å². The third-order valence-corrected chi connectivity index (χ3v) is 37.7. The van der Waals surface area contributed by atoms with Gasteiger partial charge in [0.25, 0.3) is 0 Å². The summed E-state index contributed by atoms with van der Waals surface area (Å²) in [4.78, 5) is 0. The molecule has 18 bridgehead atoms. The van der Waals surface area contributed by atoms with E-state index in [1.807, 2.05) is 289 Å². The van der Waals surface area contributed by atoms with E-state index in [0.29, 0.717) is 59.2 Å². The molecule has 3 N–H and O–H groups in total. The van der Waals surface area contributed by atoms with Crippen molar-refractivity contribution < 1.29 is 39.5 Å². The van der Waals surface area contributed by atoms with Crippen LogP contribution in [0, 0.1) is 71.0 Å². The van der Waals surface area contributed by atoms with E-state index in [-0.39, 0.29) is 40.0 Å². The summed E-state index contributed by atoms with van der Waals surface area (Å²) in [6.45, 7) is 80.0. The van der Waals surface area contributed by atoms with Gasteiger partial charge in [0.05, 0.1) is 53.2 Å². The molecule has 0 aromatic rings. The molecule has 0 radical (unpaired) electrons. The van der Waals surface area contributed by atoms with Crippen LogP contribution >= 0.6 is 23.5 Å². The Hall–Kier alpha value is 0.310. The summed E-state index contributed by atoms with van der Waals surface area (Å²) in [6.07, 6.45) is 63.9. The van der Waals surface area contributed by atoms with Gasteiger partial charge in [0.2, 0.25) is 30.1 Å². The lowest BCUT2D eigenvalue weighted by atomic mass is 9.71. The Kier molecular flexibility index (Phi) is 93.9. The summed E-state index contributed by atoms with van der Waals surface area (Å²) in [5, 5.41) is 2.86. The molecule has 17 heteroatoms. The van der Waals surface area contributed by atoms with Gasteiger partial charge in [-0.1, -0.05) is 393 Å². The number of hydrogen-bond donors (Lipinski definition) is 3. The van der Waals surface area contributed by atoms with E-state index < -0.39 is 30.1 Å². The second-order valence-electron chi connectivity index (χ2n) is 33.5. The normalized spacial score (nSPS) is 36.5. The SMILES string of the molecule is C1CC2C3CCC(C3)C2C1.C1CC2C3CCC(O3)C2C1.C1CC2CCC1C2.C1CC2CCC1CC2.C1CC2CCC1O2.C1CC2CCC1S2.C1CCCCC1.CC.CC.CC.CC.CC.CC.CC.CC.CC.CC.CC.CC.CC.CC.CC.CC.CC.CC.CC.CC.O=S1(=O)NC2CC3CC1C2O3.O=S1(=O)NC2CC3CC1C2S3.O=S1(=O)NC2CC3CC2C1C3. The van der Waals surface area contributed by atoms with Crippen molar-refractivity contribution >= 4 is 53.6 Å².